The van der Waals surface area contributed by atoms with E-state index in [-0.39, 0.29) is 67.2 Å². The molecule has 1 atom stereocenters. The molecule has 39 heavy (non-hydrogen) atoms. The maximum absolute atomic E-state index is 15.7. The summed E-state index contributed by atoms with van der Waals surface area (Å²) in [6, 6.07) is 1.18. The molecule has 0 saturated carbocycles. The van der Waals surface area contributed by atoms with E-state index < -0.39 is 21.7 Å². The van der Waals surface area contributed by atoms with Gasteiger partial charge in [0.1, 0.15) is 11.9 Å². The van der Waals surface area contributed by atoms with Crippen molar-refractivity contribution in [2.24, 2.45) is 5.92 Å². The van der Waals surface area contributed by atoms with E-state index in [0.717, 1.165) is 44.3 Å². The van der Waals surface area contributed by atoms with Gasteiger partial charge in [-0.05, 0) is 55.2 Å². The lowest BCUT2D eigenvalue weighted by Gasteiger charge is -2.34. The molecular formula is C28H36F2N4O4S. The molecular weight excluding hydrogens is 526 g/mol. The van der Waals surface area contributed by atoms with E-state index in [4.69, 9.17) is 9.84 Å². The molecule has 212 valence electrons. The second-order valence-electron chi connectivity index (χ2n) is 10.6. The number of benzene rings is 1. The molecule has 0 amide bonds. The highest BCUT2D eigenvalue weighted by Crippen LogP contribution is 2.41. The van der Waals surface area contributed by atoms with Crippen LogP contribution in [0.3, 0.4) is 0 Å². The molecule has 0 spiro atoms. The van der Waals surface area contributed by atoms with Crippen molar-refractivity contribution in [2.45, 2.75) is 58.0 Å². The lowest BCUT2D eigenvalue weighted by atomic mass is 9.88. The maximum Gasteiger partial charge on any atom is 0.225 e. The normalized spacial score (nSPS) is 20.6. The highest BCUT2D eigenvalue weighted by molar-refractivity contribution is 7.89. The molecule has 0 aliphatic carbocycles. The van der Waals surface area contributed by atoms with Crippen LogP contribution >= 0.6 is 0 Å². The summed E-state index contributed by atoms with van der Waals surface area (Å²) >= 11 is 0. The number of ether oxygens (including phenoxy) is 1. The first-order chi connectivity index (χ1) is 18.8. The number of hydrogen-bond acceptors (Lipinski definition) is 7. The SMILES string of the molecule is CCCc1cnc(N2CCC(C3Cc4c(F)c(C5=CCN(S(=O)(=O)CCCO)CC5)cc(F)c4O3)CC2)nc1. The van der Waals surface area contributed by atoms with Crippen molar-refractivity contribution in [2.75, 3.05) is 43.4 Å². The van der Waals surface area contributed by atoms with Gasteiger partial charge < -0.3 is 14.7 Å². The highest BCUT2D eigenvalue weighted by atomic mass is 32.2. The predicted octanol–water partition coefficient (Wildman–Crippen LogP) is 3.73. The number of aliphatic hydroxyl groups excluding tert-OH is 1. The van der Waals surface area contributed by atoms with Crippen molar-refractivity contribution < 1.29 is 27.0 Å². The van der Waals surface area contributed by atoms with Gasteiger partial charge in [0, 0.05) is 62.7 Å². The topological polar surface area (TPSA) is 95.9 Å². The molecule has 3 aliphatic rings. The molecule has 11 heteroatoms. The molecule has 1 fully saturated rings. The van der Waals surface area contributed by atoms with Gasteiger partial charge >= 0.3 is 0 Å². The molecule has 1 N–H and O–H groups in total. The quantitative estimate of drug-likeness (QED) is 0.498. The fourth-order valence-electron chi connectivity index (χ4n) is 5.79. The molecule has 1 aromatic heterocycles. The van der Waals surface area contributed by atoms with E-state index in [1.54, 1.807) is 6.08 Å². The van der Waals surface area contributed by atoms with Crippen LogP contribution in [-0.2, 0) is 22.9 Å². The van der Waals surface area contributed by atoms with Crippen LogP contribution in [-0.4, -0.2) is 72.4 Å². The van der Waals surface area contributed by atoms with E-state index in [0.29, 0.717) is 17.9 Å². The number of nitrogens with zero attached hydrogens (tertiary/aromatic N) is 4. The van der Waals surface area contributed by atoms with Crippen LogP contribution < -0.4 is 9.64 Å². The van der Waals surface area contributed by atoms with Gasteiger partial charge in [0.25, 0.3) is 0 Å². The molecule has 1 aromatic carbocycles. The van der Waals surface area contributed by atoms with Crippen LogP contribution in [0.1, 0.15) is 55.7 Å². The Morgan fingerprint density at radius 3 is 2.54 bits per heavy atom. The Kier molecular flexibility index (Phi) is 8.49. The van der Waals surface area contributed by atoms with Gasteiger partial charge in [0.2, 0.25) is 16.0 Å². The molecule has 8 nitrogen and oxygen atoms in total. The number of piperidine rings is 1. The van der Waals surface area contributed by atoms with Crippen molar-refractivity contribution in [1.82, 2.24) is 14.3 Å². The third-order valence-electron chi connectivity index (χ3n) is 7.99. The molecule has 5 rings (SSSR count). The Balaban J connectivity index is 1.23. The van der Waals surface area contributed by atoms with Gasteiger partial charge in [0.15, 0.2) is 11.6 Å². The Hall–Kier alpha value is -2.63. The fraction of sp³-hybridized carbons (Fsp3) is 0.571. The van der Waals surface area contributed by atoms with Crippen LogP contribution in [0.15, 0.2) is 24.5 Å². The zero-order valence-electron chi connectivity index (χ0n) is 22.3. The molecule has 2 aromatic rings. The Morgan fingerprint density at radius 2 is 1.90 bits per heavy atom. The third kappa shape index (κ3) is 5.95. The Morgan fingerprint density at radius 1 is 1.15 bits per heavy atom. The van der Waals surface area contributed by atoms with Gasteiger partial charge in [-0.15, -0.1) is 0 Å². The van der Waals surface area contributed by atoms with Crippen LogP contribution in [0.5, 0.6) is 5.75 Å². The third-order valence-corrected chi connectivity index (χ3v) is 9.91. The summed E-state index contributed by atoms with van der Waals surface area (Å²) in [5.74, 6) is -0.309. The second kappa shape index (κ2) is 11.9. The molecule has 1 saturated heterocycles. The van der Waals surface area contributed by atoms with E-state index in [1.807, 2.05) is 12.4 Å². The zero-order valence-corrected chi connectivity index (χ0v) is 23.1. The van der Waals surface area contributed by atoms with Crippen molar-refractivity contribution in [1.29, 1.82) is 0 Å². The zero-order chi connectivity index (χ0) is 27.6. The number of fused-ring (bicyclic) bond motifs is 1. The molecule has 0 radical (unpaired) electrons. The number of halogens is 2. The molecule has 1 unspecified atom stereocenters. The average molecular weight is 563 g/mol. The number of sulfonamides is 1. The number of aromatic nitrogens is 2. The monoisotopic (exact) mass is 562 g/mol. The van der Waals surface area contributed by atoms with Crippen molar-refractivity contribution in [3.05, 3.63) is 52.9 Å². The molecule has 4 heterocycles. The van der Waals surface area contributed by atoms with E-state index in [9.17, 15) is 8.42 Å². The lowest BCUT2D eigenvalue weighted by Crippen LogP contribution is -2.40. The second-order valence-corrected chi connectivity index (χ2v) is 12.7. The van der Waals surface area contributed by atoms with Crippen molar-refractivity contribution in [3.8, 4) is 5.75 Å². The minimum atomic E-state index is -3.50. The van der Waals surface area contributed by atoms with Crippen LogP contribution in [0.4, 0.5) is 14.7 Å². The van der Waals surface area contributed by atoms with Gasteiger partial charge in [-0.25, -0.2) is 27.2 Å². The first-order valence-electron chi connectivity index (χ1n) is 13.8. The summed E-state index contributed by atoms with van der Waals surface area (Å²) in [6.07, 6.45) is 9.55. The Labute approximate surface area is 228 Å². The molecule has 0 bridgehead atoms. The predicted molar refractivity (Wildman–Crippen MR) is 145 cm³/mol. The highest BCUT2D eigenvalue weighted by Gasteiger charge is 2.38. The summed E-state index contributed by atoms with van der Waals surface area (Å²) in [6.45, 7) is 3.74. The summed E-state index contributed by atoms with van der Waals surface area (Å²) in [5.41, 5.74) is 2.18. The first kappa shape index (κ1) is 27.9. The van der Waals surface area contributed by atoms with Crippen LogP contribution in [0, 0.1) is 17.6 Å². The largest absolute Gasteiger partial charge is 0.486 e. The average Bonchev–Trinajstić information content (AvgIpc) is 3.42. The summed E-state index contributed by atoms with van der Waals surface area (Å²) in [7, 11) is -3.50. The summed E-state index contributed by atoms with van der Waals surface area (Å²) < 4.78 is 62.9. The van der Waals surface area contributed by atoms with Gasteiger partial charge in [0.05, 0.1) is 5.75 Å². The standard InChI is InChI=1S/C28H36F2N4O4S/c1-2-4-19-17-31-28(32-18-19)33-9-5-21(6-10-33)25-16-23-26(30)22(15-24(29)27(23)38-25)20-7-11-34(12-8-20)39(36,37)14-3-13-35/h7,15,17-18,21,25,35H,2-6,8-14,16H2,1H3. The fourth-order valence-corrected chi connectivity index (χ4v) is 7.21. The van der Waals surface area contributed by atoms with Gasteiger partial charge in [-0.2, -0.15) is 4.31 Å². The van der Waals surface area contributed by atoms with Gasteiger partial charge in [-0.3, -0.25) is 0 Å². The molecule has 3 aliphatic heterocycles. The van der Waals surface area contributed by atoms with Gasteiger partial charge in [-0.1, -0.05) is 19.4 Å². The van der Waals surface area contributed by atoms with Crippen LogP contribution in [0.25, 0.3) is 5.57 Å². The number of aliphatic hydroxyl groups is 1. The Bertz CT molecular complexity index is 1310. The van der Waals surface area contributed by atoms with E-state index >= 15 is 8.78 Å². The number of anilines is 1. The van der Waals surface area contributed by atoms with Crippen LogP contribution in [0.2, 0.25) is 0 Å². The van der Waals surface area contributed by atoms with Crippen molar-refractivity contribution >= 4 is 21.5 Å². The number of hydrogen-bond donors (Lipinski definition) is 1. The van der Waals surface area contributed by atoms with E-state index in [2.05, 4.69) is 21.8 Å². The maximum atomic E-state index is 15.7. The minimum absolute atomic E-state index is 0.00291. The van der Waals surface area contributed by atoms with E-state index in [1.165, 1.54) is 10.4 Å². The number of rotatable bonds is 9. The van der Waals surface area contributed by atoms with Crippen molar-refractivity contribution in [3.63, 3.8) is 0 Å². The smallest absolute Gasteiger partial charge is 0.225 e. The number of aryl methyl sites for hydroxylation is 1. The first-order valence-corrected chi connectivity index (χ1v) is 15.4. The lowest BCUT2D eigenvalue weighted by molar-refractivity contribution is 0.134. The summed E-state index contributed by atoms with van der Waals surface area (Å²) in [5, 5.41) is 8.95. The summed E-state index contributed by atoms with van der Waals surface area (Å²) in [4.78, 5) is 11.2. The minimum Gasteiger partial charge on any atom is -0.486 e.